The third kappa shape index (κ3) is 8.23. The first kappa shape index (κ1) is 20.1. The Kier molecular flexibility index (Phi) is 11.3. The van der Waals surface area contributed by atoms with Crippen LogP contribution in [-0.2, 0) is 6.42 Å². The fraction of sp³-hybridized carbons (Fsp3) is 0.786. The summed E-state index contributed by atoms with van der Waals surface area (Å²) in [5, 5.41) is 10.5. The van der Waals surface area contributed by atoms with E-state index in [-0.39, 0.29) is 24.0 Å². The second kappa shape index (κ2) is 11.8. The molecule has 21 heavy (non-hydrogen) atoms. The Balaban J connectivity index is 0.00000400. The molecule has 0 atom stereocenters. The normalized spacial score (nSPS) is 11.4. The number of nitrogens with one attached hydrogen (secondary N) is 2. The van der Waals surface area contributed by atoms with Gasteiger partial charge in [-0.15, -0.1) is 24.0 Å². The van der Waals surface area contributed by atoms with Crippen LogP contribution in [0, 0.1) is 0 Å². The number of unbranched alkanes of at least 4 members (excludes halogenated alkanes) is 2. The lowest BCUT2D eigenvalue weighted by Gasteiger charge is -2.10. The maximum Gasteiger partial charge on any atom is 0.228 e. The van der Waals surface area contributed by atoms with Gasteiger partial charge in [0.25, 0.3) is 0 Å². The van der Waals surface area contributed by atoms with Gasteiger partial charge in [-0.05, 0) is 6.42 Å². The number of halogens is 1. The lowest BCUT2D eigenvalue weighted by Crippen LogP contribution is -2.38. The zero-order chi connectivity index (χ0) is 14.8. The molecule has 1 aromatic rings. The van der Waals surface area contributed by atoms with Crippen LogP contribution < -0.4 is 10.6 Å². The molecule has 0 radical (unpaired) electrons. The average molecular weight is 409 g/mol. The summed E-state index contributed by atoms with van der Waals surface area (Å²) < 4.78 is 5.19. The Bertz CT molecular complexity index is 406. The SMILES string of the molecule is CCCCCNC(=NC)NCCc1nc(C(C)C)no1.I. The molecule has 122 valence electrons. The lowest BCUT2D eigenvalue weighted by molar-refractivity contribution is 0.371. The molecule has 0 saturated carbocycles. The molecule has 0 bridgehead atoms. The molecule has 0 aliphatic carbocycles. The summed E-state index contributed by atoms with van der Waals surface area (Å²) in [6.07, 6.45) is 4.33. The zero-order valence-corrected chi connectivity index (χ0v) is 15.8. The van der Waals surface area contributed by atoms with Crippen molar-refractivity contribution >= 4 is 29.9 Å². The molecule has 0 unspecified atom stereocenters. The fourth-order valence-corrected chi connectivity index (χ4v) is 1.69. The third-order valence-corrected chi connectivity index (χ3v) is 2.93. The van der Waals surface area contributed by atoms with Gasteiger partial charge in [-0.25, -0.2) is 0 Å². The number of nitrogens with zero attached hydrogens (tertiary/aromatic N) is 3. The van der Waals surface area contributed by atoms with Gasteiger partial charge in [0, 0.05) is 32.5 Å². The van der Waals surface area contributed by atoms with Crippen molar-refractivity contribution in [3.8, 4) is 0 Å². The highest BCUT2D eigenvalue weighted by Crippen LogP contribution is 2.09. The smallest absolute Gasteiger partial charge is 0.228 e. The average Bonchev–Trinajstić information content (AvgIpc) is 2.90. The summed E-state index contributed by atoms with van der Waals surface area (Å²) in [6, 6.07) is 0. The minimum Gasteiger partial charge on any atom is -0.356 e. The predicted molar refractivity (Wildman–Crippen MR) is 96.4 cm³/mol. The van der Waals surface area contributed by atoms with Crippen molar-refractivity contribution in [2.75, 3.05) is 20.1 Å². The highest BCUT2D eigenvalue weighted by atomic mass is 127. The van der Waals surface area contributed by atoms with E-state index in [0.29, 0.717) is 18.2 Å². The van der Waals surface area contributed by atoms with Gasteiger partial charge in [0.05, 0.1) is 0 Å². The van der Waals surface area contributed by atoms with E-state index in [0.717, 1.165) is 24.9 Å². The largest absolute Gasteiger partial charge is 0.356 e. The summed E-state index contributed by atoms with van der Waals surface area (Å²) >= 11 is 0. The molecule has 0 fully saturated rings. The second-order valence-corrected chi connectivity index (χ2v) is 5.08. The van der Waals surface area contributed by atoms with Crippen LogP contribution in [0.1, 0.15) is 57.7 Å². The number of hydrogen-bond donors (Lipinski definition) is 2. The topological polar surface area (TPSA) is 75.3 Å². The van der Waals surface area contributed by atoms with Gasteiger partial charge in [-0.3, -0.25) is 4.99 Å². The van der Waals surface area contributed by atoms with Gasteiger partial charge >= 0.3 is 0 Å². The Hall–Kier alpha value is -0.860. The Morgan fingerprint density at radius 2 is 1.95 bits per heavy atom. The van der Waals surface area contributed by atoms with Crippen LogP contribution in [0.25, 0.3) is 0 Å². The van der Waals surface area contributed by atoms with Crippen LogP contribution in [0.2, 0.25) is 0 Å². The summed E-state index contributed by atoms with van der Waals surface area (Å²) in [6.45, 7) is 7.98. The fourth-order valence-electron chi connectivity index (χ4n) is 1.69. The van der Waals surface area contributed by atoms with Gasteiger partial charge < -0.3 is 15.2 Å². The van der Waals surface area contributed by atoms with Crippen molar-refractivity contribution in [3.05, 3.63) is 11.7 Å². The van der Waals surface area contributed by atoms with Crippen molar-refractivity contribution < 1.29 is 4.52 Å². The van der Waals surface area contributed by atoms with Gasteiger partial charge in [0.15, 0.2) is 11.8 Å². The molecule has 0 aliphatic rings. The van der Waals surface area contributed by atoms with Crippen molar-refractivity contribution in [1.29, 1.82) is 0 Å². The summed E-state index contributed by atoms with van der Waals surface area (Å²) in [4.78, 5) is 8.52. The van der Waals surface area contributed by atoms with Crippen molar-refractivity contribution in [1.82, 2.24) is 20.8 Å². The van der Waals surface area contributed by atoms with Gasteiger partial charge in [0.1, 0.15) is 0 Å². The van der Waals surface area contributed by atoms with Crippen molar-refractivity contribution in [3.63, 3.8) is 0 Å². The number of guanidine groups is 1. The van der Waals surface area contributed by atoms with Crippen LogP contribution in [-0.4, -0.2) is 36.2 Å². The molecular formula is C14H28IN5O. The lowest BCUT2D eigenvalue weighted by atomic mass is 10.2. The Morgan fingerprint density at radius 1 is 1.24 bits per heavy atom. The molecular weight excluding hydrogens is 381 g/mol. The molecule has 1 rings (SSSR count). The molecule has 0 amide bonds. The van der Waals surface area contributed by atoms with Crippen LogP contribution in [0.5, 0.6) is 0 Å². The van der Waals surface area contributed by atoms with Crippen LogP contribution in [0.3, 0.4) is 0 Å². The number of aromatic nitrogens is 2. The first-order valence-corrected chi connectivity index (χ1v) is 7.44. The molecule has 6 nitrogen and oxygen atoms in total. The molecule has 2 N–H and O–H groups in total. The van der Waals surface area contributed by atoms with E-state index in [2.05, 4.69) is 46.5 Å². The second-order valence-electron chi connectivity index (χ2n) is 5.08. The molecule has 1 aromatic heterocycles. The minimum atomic E-state index is 0. The van der Waals surface area contributed by atoms with Gasteiger partial charge in [-0.1, -0.05) is 38.8 Å². The first-order chi connectivity index (χ1) is 9.67. The van der Waals surface area contributed by atoms with Crippen LogP contribution >= 0.6 is 24.0 Å². The third-order valence-electron chi connectivity index (χ3n) is 2.93. The molecule has 0 aromatic carbocycles. The van der Waals surface area contributed by atoms with Gasteiger partial charge in [-0.2, -0.15) is 4.98 Å². The molecule has 0 aliphatic heterocycles. The van der Waals surface area contributed by atoms with Gasteiger partial charge in [0.2, 0.25) is 5.89 Å². The van der Waals surface area contributed by atoms with Crippen LogP contribution in [0.4, 0.5) is 0 Å². The maximum absolute atomic E-state index is 5.19. The first-order valence-electron chi connectivity index (χ1n) is 7.44. The predicted octanol–water partition coefficient (Wildman–Crippen LogP) is 2.71. The number of rotatable bonds is 8. The van der Waals surface area contributed by atoms with Crippen LogP contribution in [0.15, 0.2) is 9.52 Å². The zero-order valence-electron chi connectivity index (χ0n) is 13.5. The van der Waals surface area contributed by atoms with E-state index < -0.39 is 0 Å². The summed E-state index contributed by atoms with van der Waals surface area (Å²) in [5.41, 5.74) is 0. The van der Waals surface area contributed by atoms with Crippen molar-refractivity contribution in [2.45, 2.75) is 52.4 Å². The monoisotopic (exact) mass is 409 g/mol. The number of aliphatic imine (C=N–C) groups is 1. The van der Waals surface area contributed by atoms with E-state index in [1.807, 2.05) is 0 Å². The molecule has 7 heteroatoms. The van der Waals surface area contributed by atoms with E-state index >= 15 is 0 Å². The molecule has 0 spiro atoms. The summed E-state index contributed by atoms with van der Waals surface area (Å²) in [5.74, 6) is 2.56. The number of hydrogen-bond acceptors (Lipinski definition) is 4. The highest BCUT2D eigenvalue weighted by molar-refractivity contribution is 14.0. The quantitative estimate of drug-likeness (QED) is 0.299. The van der Waals surface area contributed by atoms with Crippen molar-refractivity contribution in [2.24, 2.45) is 4.99 Å². The standard InChI is InChI=1S/C14H27N5O.HI/c1-5-6-7-9-16-14(15-4)17-10-8-12-18-13(11(2)3)19-20-12;/h11H,5-10H2,1-4H3,(H2,15,16,17);1H. The minimum absolute atomic E-state index is 0. The maximum atomic E-state index is 5.19. The van der Waals surface area contributed by atoms with E-state index in [1.165, 1.54) is 19.3 Å². The molecule has 1 heterocycles. The van der Waals surface area contributed by atoms with E-state index in [4.69, 9.17) is 4.52 Å². The Morgan fingerprint density at radius 3 is 2.52 bits per heavy atom. The Labute approximate surface area is 144 Å². The van der Waals surface area contributed by atoms with E-state index in [1.54, 1.807) is 7.05 Å². The van der Waals surface area contributed by atoms with E-state index in [9.17, 15) is 0 Å². The summed E-state index contributed by atoms with van der Waals surface area (Å²) in [7, 11) is 1.78. The highest BCUT2D eigenvalue weighted by Gasteiger charge is 2.09. The molecule has 0 saturated heterocycles.